The second-order valence-electron chi connectivity index (χ2n) is 7.20. The molecule has 11 heteroatoms. The van der Waals surface area contributed by atoms with Gasteiger partial charge in [0.1, 0.15) is 11.6 Å². The molecule has 0 bridgehead atoms. The van der Waals surface area contributed by atoms with Gasteiger partial charge in [0, 0.05) is 12.2 Å². The summed E-state index contributed by atoms with van der Waals surface area (Å²) in [6.07, 6.45) is -4.90. The molecule has 0 fully saturated rings. The van der Waals surface area contributed by atoms with Gasteiger partial charge >= 0.3 is 6.18 Å². The summed E-state index contributed by atoms with van der Waals surface area (Å²) in [4.78, 5) is 12.0. The Bertz CT molecular complexity index is 1050. The van der Waals surface area contributed by atoms with Crippen molar-refractivity contribution in [2.75, 3.05) is 18.5 Å². The largest absolute Gasteiger partial charge is 0.483 e. The molecule has 2 aromatic rings. The number of benzene rings is 2. The summed E-state index contributed by atoms with van der Waals surface area (Å²) in [7, 11) is -3.69. The zero-order valence-corrected chi connectivity index (χ0v) is 17.8. The van der Waals surface area contributed by atoms with Gasteiger partial charge in [-0.2, -0.15) is 13.2 Å². The quantitative estimate of drug-likeness (QED) is 0.579. The lowest BCUT2D eigenvalue weighted by Gasteiger charge is -2.13. The van der Waals surface area contributed by atoms with Crippen LogP contribution >= 0.6 is 0 Å². The summed E-state index contributed by atoms with van der Waals surface area (Å²) in [5.41, 5.74) is -1.29. The Labute approximate surface area is 177 Å². The first-order chi connectivity index (χ1) is 14.3. The minimum Gasteiger partial charge on any atom is -0.483 e. The Morgan fingerprint density at radius 1 is 1.13 bits per heavy atom. The van der Waals surface area contributed by atoms with Crippen LogP contribution in [-0.4, -0.2) is 27.5 Å². The van der Waals surface area contributed by atoms with E-state index in [9.17, 15) is 30.8 Å². The lowest BCUT2D eigenvalue weighted by molar-refractivity contribution is -0.140. The summed E-state index contributed by atoms with van der Waals surface area (Å²) in [5.74, 6) is -1.86. The molecule has 0 aromatic heterocycles. The molecule has 1 amide bonds. The van der Waals surface area contributed by atoms with Gasteiger partial charge in [-0.05, 0) is 54.8 Å². The SMILES string of the molecule is Cc1cc(S(=O)(=O)NCC(C)C)ccc1OCC(=O)Nc1ccc(F)c(C(F)(F)F)c1. The van der Waals surface area contributed by atoms with Gasteiger partial charge in [0.2, 0.25) is 10.0 Å². The highest BCUT2D eigenvalue weighted by Gasteiger charge is 2.34. The molecule has 2 N–H and O–H groups in total. The maximum Gasteiger partial charge on any atom is 0.419 e. The van der Waals surface area contributed by atoms with E-state index in [4.69, 9.17) is 4.74 Å². The first-order valence-corrected chi connectivity index (χ1v) is 10.7. The Hall–Kier alpha value is -2.66. The Morgan fingerprint density at radius 3 is 2.39 bits per heavy atom. The van der Waals surface area contributed by atoms with Crippen molar-refractivity contribution >= 4 is 21.6 Å². The fraction of sp³-hybridized carbons (Fsp3) is 0.350. The monoisotopic (exact) mass is 462 g/mol. The number of carbonyl (C=O) groups is 1. The van der Waals surface area contributed by atoms with Crippen molar-refractivity contribution in [3.63, 3.8) is 0 Å². The number of hydrogen-bond donors (Lipinski definition) is 2. The average molecular weight is 462 g/mol. The van der Waals surface area contributed by atoms with Crippen molar-refractivity contribution < 1.29 is 35.5 Å². The molecule has 0 spiro atoms. The van der Waals surface area contributed by atoms with E-state index in [1.807, 2.05) is 13.8 Å². The molecule has 2 aromatic carbocycles. The number of ether oxygens (including phenoxy) is 1. The number of nitrogens with one attached hydrogen (secondary N) is 2. The lowest BCUT2D eigenvalue weighted by atomic mass is 10.2. The van der Waals surface area contributed by atoms with E-state index in [1.165, 1.54) is 18.2 Å². The van der Waals surface area contributed by atoms with Crippen molar-refractivity contribution in [2.24, 2.45) is 5.92 Å². The van der Waals surface area contributed by atoms with E-state index in [1.54, 1.807) is 6.92 Å². The molecule has 0 aliphatic carbocycles. The first-order valence-electron chi connectivity index (χ1n) is 9.19. The smallest absolute Gasteiger partial charge is 0.419 e. The highest BCUT2D eigenvalue weighted by atomic mass is 32.2. The number of anilines is 1. The molecular weight excluding hydrogens is 440 g/mol. The molecule has 31 heavy (non-hydrogen) atoms. The van der Waals surface area contributed by atoms with Crippen LogP contribution in [0.5, 0.6) is 5.75 Å². The van der Waals surface area contributed by atoms with Crippen molar-refractivity contribution in [2.45, 2.75) is 31.8 Å². The van der Waals surface area contributed by atoms with E-state index in [-0.39, 0.29) is 28.8 Å². The van der Waals surface area contributed by atoms with Crippen LogP contribution in [0.4, 0.5) is 23.2 Å². The molecule has 0 atom stereocenters. The Kier molecular flexibility index (Phi) is 7.66. The summed E-state index contributed by atoms with van der Waals surface area (Å²) in [6.45, 7) is 5.05. The Morgan fingerprint density at radius 2 is 1.81 bits per heavy atom. The fourth-order valence-electron chi connectivity index (χ4n) is 2.47. The van der Waals surface area contributed by atoms with E-state index in [2.05, 4.69) is 10.0 Å². The predicted octanol–water partition coefficient (Wildman–Crippen LogP) is 4.10. The zero-order chi connectivity index (χ0) is 23.4. The zero-order valence-electron chi connectivity index (χ0n) is 17.0. The van der Waals surface area contributed by atoms with Gasteiger partial charge in [0.05, 0.1) is 10.5 Å². The minimum atomic E-state index is -4.90. The van der Waals surface area contributed by atoms with Crippen molar-refractivity contribution in [3.8, 4) is 5.75 Å². The number of halogens is 4. The standard InChI is InChI=1S/C20H22F4N2O4S/c1-12(2)10-25-31(28,29)15-5-7-18(13(3)8-15)30-11-19(27)26-14-4-6-17(21)16(9-14)20(22,23)24/h4-9,12,25H,10-11H2,1-3H3,(H,26,27). The number of carbonyl (C=O) groups excluding carboxylic acids is 1. The van der Waals surface area contributed by atoms with Crippen molar-refractivity contribution in [3.05, 3.63) is 53.3 Å². The van der Waals surface area contributed by atoms with Gasteiger partial charge in [-0.15, -0.1) is 0 Å². The van der Waals surface area contributed by atoms with Crippen LogP contribution in [0.3, 0.4) is 0 Å². The van der Waals surface area contributed by atoms with E-state index >= 15 is 0 Å². The van der Waals surface area contributed by atoms with Gasteiger partial charge in [0.25, 0.3) is 5.91 Å². The molecule has 170 valence electrons. The van der Waals surface area contributed by atoms with Crippen molar-refractivity contribution in [1.29, 1.82) is 0 Å². The number of amides is 1. The minimum absolute atomic E-state index is 0.0356. The van der Waals surface area contributed by atoms with Gasteiger partial charge in [0.15, 0.2) is 6.61 Å². The average Bonchev–Trinajstić information content (AvgIpc) is 2.66. The molecular formula is C20H22F4N2O4S. The van der Waals surface area contributed by atoms with Crippen LogP contribution in [0.15, 0.2) is 41.3 Å². The molecule has 0 aliphatic heterocycles. The number of sulfonamides is 1. The van der Waals surface area contributed by atoms with Gasteiger partial charge < -0.3 is 10.1 Å². The number of alkyl halides is 3. The summed E-state index contributed by atoms with van der Waals surface area (Å²) in [5, 5.41) is 2.20. The van der Waals surface area contributed by atoms with Crippen LogP contribution in [0, 0.1) is 18.7 Å². The van der Waals surface area contributed by atoms with E-state index in [0.717, 1.165) is 6.07 Å². The summed E-state index contributed by atoms with van der Waals surface area (Å²) >= 11 is 0. The summed E-state index contributed by atoms with van der Waals surface area (Å²) in [6, 6.07) is 6.17. The highest BCUT2D eigenvalue weighted by molar-refractivity contribution is 7.89. The first kappa shape index (κ1) is 24.6. The summed E-state index contributed by atoms with van der Waals surface area (Å²) < 4.78 is 83.9. The molecule has 6 nitrogen and oxygen atoms in total. The Balaban J connectivity index is 2.03. The van der Waals surface area contributed by atoms with Gasteiger partial charge in [-0.3, -0.25) is 4.79 Å². The number of aryl methyl sites for hydroxylation is 1. The molecule has 0 saturated heterocycles. The maximum atomic E-state index is 13.3. The van der Waals surface area contributed by atoms with Crippen molar-refractivity contribution in [1.82, 2.24) is 4.72 Å². The molecule has 0 heterocycles. The second-order valence-corrected chi connectivity index (χ2v) is 8.97. The van der Waals surface area contributed by atoms with E-state index < -0.39 is 40.1 Å². The highest BCUT2D eigenvalue weighted by Crippen LogP contribution is 2.33. The topological polar surface area (TPSA) is 84.5 Å². The molecule has 0 aliphatic rings. The molecule has 0 radical (unpaired) electrons. The third-order valence-electron chi connectivity index (χ3n) is 4.05. The molecule has 0 saturated carbocycles. The number of rotatable bonds is 8. The van der Waals surface area contributed by atoms with Gasteiger partial charge in [-0.25, -0.2) is 17.5 Å². The third kappa shape index (κ3) is 6.93. The van der Waals surface area contributed by atoms with Crippen LogP contribution in [0.25, 0.3) is 0 Å². The number of hydrogen-bond acceptors (Lipinski definition) is 4. The fourth-order valence-corrected chi connectivity index (χ4v) is 3.77. The van der Waals surface area contributed by atoms with E-state index in [0.29, 0.717) is 17.7 Å². The van der Waals surface area contributed by atoms with Crippen LogP contribution in [0.1, 0.15) is 25.0 Å². The second kappa shape index (κ2) is 9.65. The molecule has 2 rings (SSSR count). The predicted molar refractivity (Wildman–Crippen MR) is 107 cm³/mol. The third-order valence-corrected chi connectivity index (χ3v) is 5.47. The molecule has 0 unspecified atom stereocenters. The van der Waals surface area contributed by atoms with Crippen LogP contribution < -0.4 is 14.8 Å². The van der Waals surface area contributed by atoms with Crippen LogP contribution in [-0.2, 0) is 21.0 Å². The maximum absolute atomic E-state index is 13.3. The lowest BCUT2D eigenvalue weighted by Crippen LogP contribution is -2.27. The van der Waals surface area contributed by atoms with Crippen LogP contribution in [0.2, 0.25) is 0 Å². The van der Waals surface area contributed by atoms with Gasteiger partial charge in [-0.1, -0.05) is 13.8 Å². The normalized spacial score (nSPS) is 12.1.